The molecule has 0 spiro atoms. The van der Waals surface area contributed by atoms with E-state index in [0.29, 0.717) is 18.2 Å². The van der Waals surface area contributed by atoms with Crippen LogP contribution >= 0.6 is 0 Å². The summed E-state index contributed by atoms with van der Waals surface area (Å²) in [5.74, 6) is 1.85. The van der Waals surface area contributed by atoms with Crippen molar-refractivity contribution in [1.29, 1.82) is 0 Å². The van der Waals surface area contributed by atoms with Gasteiger partial charge in [0.1, 0.15) is 17.7 Å². The molecule has 7 nitrogen and oxygen atoms in total. The van der Waals surface area contributed by atoms with Crippen LogP contribution in [0.25, 0.3) is 0 Å². The standard InChI is InChI=1S/C20H29N3O4/c1-10(2)18(17-4-11(3)22-27-17)20(26)23-9-14(24)7-16(23)19(25)21-8-15-12-5-13(15)6-12/h4,10,12-16,18,24H,5-9H2,1-3H3,(H,21,25)/t12?,13?,14-,15?,16+,18-/m1/s1. The number of carbonyl (C=O) groups excluding carboxylic acids is 2. The molecule has 1 saturated heterocycles. The molecule has 2 N–H and O–H groups in total. The van der Waals surface area contributed by atoms with Crippen LogP contribution in [0.3, 0.4) is 0 Å². The molecule has 4 aliphatic rings. The molecule has 3 atom stereocenters. The highest BCUT2D eigenvalue weighted by molar-refractivity contribution is 5.91. The van der Waals surface area contributed by atoms with Crippen LogP contribution < -0.4 is 5.32 Å². The molecule has 1 aromatic heterocycles. The fourth-order valence-corrected chi connectivity index (χ4v) is 4.82. The lowest BCUT2D eigenvalue weighted by atomic mass is 9.48. The maximum Gasteiger partial charge on any atom is 0.242 e. The highest BCUT2D eigenvalue weighted by Gasteiger charge is 2.52. The van der Waals surface area contributed by atoms with Gasteiger partial charge in [0.25, 0.3) is 0 Å². The molecule has 5 rings (SSSR count). The fourth-order valence-electron chi connectivity index (χ4n) is 4.82. The van der Waals surface area contributed by atoms with Crippen LogP contribution in [0.5, 0.6) is 0 Å². The summed E-state index contributed by atoms with van der Waals surface area (Å²) in [6, 6.07) is 1.15. The zero-order valence-electron chi connectivity index (χ0n) is 16.2. The Bertz CT molecular complexity index is 717. The summed E-state index contributed by atoms with van der Waals surface area (Å²) in [6.07, 6.45) is 2.22. The lowest BCUT2D eigenvalue weighted by Gasteiger charge is -2.58. The molecule has 27 heavy (non-hydrogen) atoms. The monoisotopic (exact) mass is 375 g/mol. The number of aliphatic hydroxyl groups is 1. The molecule has 3 aliphatic carbocycles. The van der Waals surface area contributed by atoms with Gasteiger partial charge in [0.15, 0.2) is 0 Å². The number of nitrogens with zero attached hydrogens (tertiary/aromatic N) is 2. The molecule has 2 bridgehead atoms. The van der Waals surface area contributed by atoms with Crippen molar-refractivity contribution in [3.05, 3.63) is 17.5 Å². The maximum absolute atomic E-state index is 13.3. The Kier molecular flexibility index (Phi) is 4.74. The number of hydrogen-bond donors (Lipinski definition) is 2. The van der Waals surface area contributed by atoms with Gasteiger partial charge in [-0.1, -0.05) is 19.0 Å². The van der Waals surface area contributed by atoms with Crippen molar-refractivity contribution in [2.45, 2.75) is 58.1 Å². The maximum atomic E-state index is 13.3. The fraction of sp³-hybridized carbons (Fsp3) is 0.750. The van der Waals surface area contributed by atoms with Crippen LogP contribution in [-0.2, 0) is 9.59 Å². The quantitative estimate of drug-likeness (QED) is 0.785. The van der Waals surface area contributed by atoms with Crippen molar-refractivity contribution in [2.75, 3.05) is 13.1 Å². The molecular formula is C20H29N3O4. The van der Waals surface area contributed by atoms with Crippen LogP contribution in [0.2, 0.25) is 0 Å². The second-order valence-electron chi connectivity index (χ2n) is 8.89. The molecular weight excluding hydrogens is 346 g/mol. The van der Waals surface area contributed by atoms with Gasteiger partial charge in [0, 0.05) is 25.6 Å². The number of β-amino-alcohol motifs (C(OH)–C–C–N with tert-alkyl or cyclic N) is 1. The van der Waals surface area contributed by atoms with Crippen LogP contribution in [0.15, 0.2) is 10.6 Å². The van der Waals surface area contributed by atoms with Crippen LogP contribution in [0, 0.1) is 30.6 Å². The van der Waals surface area contributed by atoms with Gasteiger partial charge in [0.05, 0.1) is 11.8 Å². The van der Waals surface area contributed by atoms with Gasteiger partial charge in [-0.25, -0.2) is 0 Å². The Balaban J connectivity index is 1.45. The zero-order valence-corrected chi connectivity index (χ0v) is 16.2. The number of rotatable bonds is 6. The van der Waals surface area contributed by atoms with E-state index in [1.54, 1.807) is 6.07 Å². The van der Waals surface area contributed by atoms with E-state index in [9.17, 15) is 14.7 Å². The van der Waals surface area contributed by atoms with Gasteiger partial charge >= 0.3 is 0 Å². The minimum absolute atomic E-state index is 0.00612. The summed E-state index contributed by atoms with van der Waals surface area (Å²) in [7, 11) is 0. The van der Waals surface area contributed by atoms with Gasteiger partial charge in [0.2, 0.25) is 11.8 Å². The predicted octanol–water partition coefficient (Wildman–Crippen LogP) is 1.46. The van der Waals surface area contributed by atoms with Gasteiger partial charge in [-0.05, 0) is 43.4 Å². The smallest absolute Gasteiger partial charge is 0.242 e. The molecule has 7 heteroatoms. The number of hydrogen-bond acceptors (Lipinski definition) is 5. The van der Waals surface area contributed by atoms with Crippen molar-refractivity contribution in [3.8, 4) is 0 Å². The first kappa shape index (κ1) is 18.5. The van der Waals surface area contributed by atoms with Crippen molar-refractivity contribution in [3.63, 3.8) is 0 Å². The van der Waals surface area contributed by atoms with E-state index in [0.717, 1.165) is 17.5 Å². The molecule has 4 fully saturated rings. The largest absolute Gasteiger partial charge is 0.391 e. The van der Waals surface area contributed by atoms with E-state index in [-0.39, 0.29) is 30.7 Å². The second-order valence-corrected chi connectivity index (χ2v) is 8.89. The molecule has 0 aromatic carbocycles. The van der Waals surface area contributed by atoms with Crippen molar-refractivity contribution in [1.82, 2.24) is 15.4 Å². The number of aliphatic hydroxyl groups excluding tert-OH is 1. The average molecular weight is 375 g/mol. The van der Waals surface area contributed by atoms with Crippen LogP contribution in [0.1, 0.15) is 50.5 Å². The lowest BCUT2D eigenvalue weighted by Crippen LogP contribution is -2.56. The predicted molar refractivity (Wildman–Crippen MR) is 97.7 cm³/mol. The highest BCUT2D eigenvalue weighted by Crippen LogP contribution is 2.58. The molecule has 2 amide bonds. The summed E-state index contributed by atoms with van der Waals surface area (Å²) in [5.41, 5.74) is 0.721. The topological polar surface area (TPSA) is 95.7 Å². The highest BCUT2D eigenvalue weighted by atomic mass is 16.5. The van der Waals surface area contributed by atoms with Gasteiger partial charge in [-0.3, -0.25) is 9.59 Å². The Morgan fingerprint density at radius 3 is 2.56 bits per heavy atom. The van der Waals surface area contributed by atoms with Crippen molar-refractivity contribution < 1.29 is 19.2 Å². The summed E-state index contributed by atoms with van der Waals surface area (Å²) >= 11 is 0. The number of nitrogens with one attached hydrogen (secondary N) is 1. The number of carbonyl (C=O) groups is 2. The first-order valence-electron chi connectivity index (χ1n) is 10.0. The lowest BCUT2D eigenvalue weighted by molar-refractivity contribution is -0.141. The average Bonchev–Trinajstić information content (AvgIpc) is 3.10. The minimum atomic E-state index is -0.675. The Labute approximate surface area is 159 Å². The third-order valence-electron chi connectivity index (χ3n) is 6.68. The third kappa shape index (κ3) is 3.26. The summed E-state index contributed by atoms with van der Waals surface area (Å²) < 4.78 is 5.35. The normalized spacial score (nSPS) is 32.8. The summed E-state index contributed by atoms with van der Waals surface area (Å²) in [4.78, 5) is 27.6. The van der Waals surface area contributed by atoms with E-state index >= 15 is 0 Å². The SMILES string of the molecule is Cc1cc([C@H](C(=O)N2C[C@H](O)C[C@H]2C(=O)NCC2C3CC2C3)C(C)C)on1. The minimum Gasteiger partial charge on any atom is -0.391 e. The Hall–Kier alpha value is -1.89. The first-order chi connectivity index (χ1) is 12.8. The third-order valence-corrected chi connectivity index (χ3v) is 6.68. The summed E-state index contributed by atoms with van der Waals surface area (Å²) in [5, 5.41) is 17.1. The molecule has 0 unspecified atom stereocenters. The Morgan fingerprint density at radius 2 is 2.04 bits per heavy atom. The molecule has 2 heterocycles. The van der Waals surface area contributed by atoms with Gasteiger partial charge in [-0.2, -0.15) is 0 Å². The first-order valence-corrected chi connectivity index (χ1v) is 10.0. The second kappa shape index (κ2) is 6.93. The number of aromatic nitrogens is 1. The zero-order chi connectivity index (χ0) is 19.3. The van der Waals surface area contributed by atoms with Crippen LogP contribution in [0.4, 0.5) is 0 Å². The van der Waals surface area contributed by atoms with E-state index in [2.05, 4.69) is 10.5 Å². The van der Waals surface area contributed by atoms with E-state index in [4.69, 9.17) is 4.52 Å². The van der Waals surface area contributed by atoms with Crippen molar-refractivity contribution >= 4 is 11.8 Å². The van der Waals surface area contributed by atoms with Gasteiger partial charge < -0.3 is 19.8 Å². The van der Waals surface area contributed by atoms with E-state index in [1.807, 2.05) is 20.8 Å². The van der Waals surface area contributed by atoms with Gasteiger partial charge in [-0.15, -0.1) is 0 Å². The Morgan fingerprint density at radius 1 is 1.33 bits per heavy atom. The van der Waals surface area contributed by atoms with E-state index in [1.165, 1.54) is 17.7 Å². The molecule has 0 radical (unpaired) electrons. The number of amides is 2. The molecule has 3 saturated carbocycles. The number of aryl methyl sites for hydroxylation is 1. The van der Waals surface area contributed by atoms with E-state index < -0.39 is 18.1 Å². The van der Waals surface area contributed by atoms with Crippen molar-refractivity contribution in [2.24, 2.45) is 23.7 Å². The number of likely N-dealkylation sites (tertiary alicyclic amines) is 1. The molecule has 148 valence electrons. The van der Waals surface area contributed by atoms with Crippen LogP contribution in [-0.4, -0.2) is 52.2 Å². The molecule has 1 aliphatic heterocycles. The molecule has 1 aromatic rings. The summed E-state index contributed by atoms with van der Waals surface area (Å²) in [6.45, 7) is 6.59.